The molecule has 1 aromatic rings. The van der Waals surface area contributed by atoms with Crippen molar-refractivity contribution in [1.29, 1.82) is 0 Å². The van der Waals surface area contributed by atoms with Crippen LogP contribution in [0, 0.1) is 5.92 Å². The molecular weight excluding hydrogens is 194 g/mol. The summed E-state index contributed by atoms with van der Waals surface area (Å²) in [5.74, 6) is -0.0825. The molecule has 1 N–H and O–H groups in total. The van der Waals surface area contributed by atoms with E-state index in [1.165, 1.54) is 12.4 Å². The highest BCUT2D eigenvalue weighted by atomic mass is 16.5. The van der Waals surface area contributed by atoms with Gasteiger partial charge in [-0.05, 0) is 18.4 Å². The minimum Gasteiger partial charge on any atom is -0.493 e. The van der Waals surface area contributed by atoms with E-state index in [0.717, 1.165) is 6.42 Å². The lowest BCUT2D eigenvalue weighted by Gasteiger charge is -2.09. The average molecular weight is 209 g/mol. The van der Waals surface area contributed by atoms with Crippen LogP contribution in [-0.2, 0) is 0 Å². The van der Waals surface area contributed by atoms with E-state index in [4.69, 9.17) is 9.84 Å². The van der Waals surface area contributed by atoms with Crippen LogP contribution in [-0.4, -0.2) is 22.7 Å². The Balaban J connectivity index is 2.63. The van der Waals surface area contributed by atoms with Crippen molar-refractivity contribution in [2.24, 2.45) is 5.92 Å². The van der Waals surface area contributed by atoms with Gasteiger partial charge in [0.25, 0.3) is 0 Å². The predicted molar refractivity (Wildman–Crippen MR) is 56.1 cm³/mol. The van der Waals surface area contributed by atoms with Gasteiger partial charge in [0.15, 0.2) is 0 Å². The lowest BCUT2D eigenvalue weighted by atomic mass is 10.1. The minimum atomic E-state index is -1.01. The Morgan fingerprint density at radius 1 is 1.60 bits per heavy atom. The molecule has 0 aliphatic heterocycles. The number of carboxylic acids is 1. The van der Waals surface area contributed by atoms with Gasteiger partial charge in [-0.15, -0.1) is 0 Å². The van der Waals surface area contributed by atoms with Gasteiger partial charge in [-0.1, -0.05) is 13.8 Å². The molecule has 0 amide bonds. The number of rotatable bonds is 5. The van der Waals surface area contributed by atoms with Crippen molar-refractivity contribution in [3.63, 3.8) is 0 Å². The largest absolute Gasteiger partial charge is 0.493 e. The molecule has 1 rings (SSSR count). The van der Waals surface area contributed by atoms with Gasteiger partial charge in [0.05, 0.1) is 6.61 Å². The zero-order chi connectivity index (χ0) is 11.3. The van der Waals surface area contributed by atoms with Crippen molar-refractivity contribution >= 4 is 5.97 Å². The Labute approximate surface area is 88.9 Å². The molecule has 1 aromatic heterocycles. The maximum atomic E-state index is 10.8. The van der Waals surface area contributed by atoms with Gasteiger partial charge in [-0.2, -0.15) is 0 Å². The summed E-state index contributed by atoms with van der Waals surface area (Å²) >= 11 is 0. The smallest absolute Gasteiger partial charge is 0.341 e. The molecule has 4 nitrogen and oxygen atoms in total. The third kappa shape index (κ3) is 3.58. The second-order valence-electron chi connectivity index (χ2n) is 3.71. The first-order chi connectivity index (χ1) is 7.11. The standard InChI is InChI=1S/C11H15NO3/c1-8(2)4-6-15-10-3-5-12-7-9(10)11(13)14/h3,5,7-8H,4,6H2,1-2H3,(H,13,14). The molecule has 1 heterocycles. The second-order valence-corrected chi connectivity index (χ2v) is 3.71. The average Bonchev–Trinajstić information content (AvgIpc) is 2.17. The van der Waals surface area contributed by atoms with Crippen LogP contribution in [0.2, 0.25) is 0 Å². The molecule has 0 unspecified atom stereocenters. The monoisotopic (exact) mass is 209 g/mol. The summed E-state index contributed by atoms with van der Waals surface area (Å²) in [6.07, 6.45) is 3.73. The van der Waals surface area contributed by atoms with E-state index >= 15 is 0 Å². The summed E-state index contributed by atoms with van der Waals surface area (Å²) in [6.45, 7) is 4.71. The molecule has 82 valence electrons. The molecule has 0 bridgehead atoms. The van der Waals surface area contributed by atoms with Crippen LogP contribution in [0.5, 0.6) is 5.75 Å². The van der Waals surface area contributed by atoms with E-state index in [1.807, 2.05) is 0 Å². The Morgan fingerprint density at radius 2 is 2.33 bits per heavy atom. The fourth-order valence-corrected chi connectivity index (χ4v) is 1.07. The highest BCUT2D eigenvalue weighted by Gasteiger charge is 2.10. The van der Waals surface area contributed by atoms with E-state index < -0.39 is 5.97 Å². The molecule has 15 heavy (non-hydrogen) atoms. The van der Waals surface area contributed by atoms with E-state index in [0.29, 0.717) is 18.3 Å². The van der Waals surface area contributed by atoms with Gasteiger partial charge in [-0.25, -0.2) is 4.79 Å². The lowest BCUT2D eigenvalue weighted by molar-refractivity contribution is 0.0691. The number of carbonyl (C=O) groups is 1. The molecule has 4 heteroatoms. The van der Waals surface area contributed by atoms with Crippen LogP contribution in [0.25, 0.3) is 0 Å². The first-order valence-corrected chi connectivity index (χ1v) is 4.91. The number of carboxylic acid groups (broad SMARTS) is 1. The lowest BCUT2D eigenvalue weighted by Crippen LogP contribution is -2.06. The molecule has 0 radical (unpaired) electrons. The number of hydrogen-bond acceptors (Lipinski definition) is 3. The summed E-state index contributed by atoms with van der Waals surface area (Å²) in [6, 6.07) is 1.57. The Bertz CT molecular complexity index is 336. The van der Waals surface area contributed by atoms with Crippen LogP contribution in [0.15, 0.2) is 18.5 Å². The van der Waals surface area contributed by atoms with E-state index in [-0.39, 0.29) is 5.56 Å². The van der Waals surface area contributed by atoms with E-state index in [1.54, 1.807) is 6.07 Å². The molecule has 0 aromatic carbocycles. The van der Waals surface area contributed by atoms with Crippen molar-refractivity contribution in [3.8, 4) is 5.75 Å². The summed E-state index contributed by atoms with van der Waals surface area (Å²) in [5.41, 5.74) is 0.112. The van der Waals surface area contributed by atoms with Crippen molar-refractivity contribution < 1.29 is 14.6 Å². The van der Waals surface area contributed by atoms with Crippen LogP contribution in [0.4, 0.5) is 0 Å². The molecule has 0 spiro atoms. The highest BCUT2D eigenvalue weighted by Crippen LogP contribution is 2.17. The second kappa shape index (κ2) is 5.34. The van der Waals surface area contributed by atoms with Crippen LogP contribution < -0.4 is 4.74 Å². The fraction of sp³-hybridized carbons (Fsp3) is 0.455. The van der Waals surface area contributed by atoms with Crippen molar-refractivity contribution in [3.05, 3.63) is 24.0 Å². The van der Waals surface area contributed by atoms with Gasteiger partial charge in [-0.3, -0.25) is 4.98 Å². The SMILES string of the molecule is CC(C)CCOc1ccncc1C(=O)O. The number of hydrogen-bond donors (Lipinski definition) is 1. The Kier molecular flexibility index (Phi) is 4.09. The fourth-order valence-electron chi connectivity index (χ4n) is 1.07. The molecular formula is C11H15NO3. The Hall–Kier alpha value is -1.58. The molecule has 0 aliphatic rings. The third-order valence-corrected chi connectivity index (χ3v) is 1.96. The zero-order valence-electron chi connectivity index (χ0n) is 8.93. The summed E-state index contributed by atoms with van der Waals surface area (Å²) < 4.78 is 5.39. The molecule has 0 atom stereocenters. The van der Waals surface area contributed by atoms with Gasteiger partial charge in [0, 0.05) is 12.4 Å². The summed E-state index contributed by atoms with van der Waals surface area (Å²) in [5, 5.41) is 8.85. The van der Waals surface area contributed by atoms with Crippen LogP contribution in [0.3, 0.4) is 0 Å². The number of aromatic carboxylic acids is 1. The first-order valence-electron chi connectivity index (χ1n) is 4.91. The number of pyridine rings is 1. The van der Waals surface area contributed by atoms with Gasteiger partial charge < -0.3 is 9.84 Å². The van der Waals surface area contributed by atoms with Gasteiger partial charge in [0.2, 0.25) is 0 Å². The highest BCUT2D eigenvalue weighted by molar-refractivity contribution is 5.90. The first kappa shape index (κ1) is 11.5. The maximum Gasteiger partial charge on any atom is 0.341 e. The molecule has 0 fully saturated rings. The maximum absolute atomic E-state index is 10.8. The van der Waals surface area contributed by atoms with Crippen molar-refractivity contribution in [2.45, 2.75) is 20.3 Å². The number of aromatic nitrogens is 1. The zero-order valence-corrected chi connectivity index (χ0v) is 8.93. The number of ether oxygens (including phenoxy) is 1. The normalized spacial score (nSPS) is 10.3. The quantitative estimate of drug-likeness (QED) is 0.807. The van der Waals surface area contributed by atoms with Crippen LogP contribution >= 0.6 is 0 Å². The molecule has 0 aliphatic carbocycles. The minimum absolute atomic E-state index is 0.112. The molecule has 0 saturated heterocycles. The van der Waals surface area contributed by atoms with Crippen molar-refractivity contribution in [2.75, 3.05) is 6.61 Å². The Morgan fingerprint density at radius 3 is 2.93 bits per heavy atom. The van der Waals surface area contributed by atoms with Gasteiger partial charge >= 0.3 is 5.97 Å². The summed E-state index contributed by atoms with van der Waals surface area (Å²) in [7, 11) is 0. The summed E-state index contributed by atoms with van der Waals surface area (Å²) in [4.78, 5) is 14.5. The third-order valence-electron chi connectivity index (χ3n) is 1.96. The predicted octanol–water partition coefficient (Wildman–Crippen LogP) is 2.20. The van der Waals surface area contributed by atoms with Crippen LogP contribution in [0.1, 0.15) is 30.6 Å². The van der Waals surface area contributed by atoms with Crippen molar-refractivity contribution in [1.82, 2.24) is 4.98 Å². The van der Waals surface area contributed by atoms with E-state index in [9.17, 15) is 4.79 Å². The van der Waals surface area contributed by atoms with E-state index in [2.05, 4.69) is 18.8 Å². The topological polar surface area (TPSA) is 59.4 Å². The molecule has 0 saturated carbocycles. The van der Waals surface area contributed by atoms with Gasteiger partial charge in [0.1, 0.15) is 11.3 Å². The number of nitrogens with zero attached hydrogens (tertiary/aromatic N) is 1.